The zero-order valence-electron chi connectivity index (χ0n) is 13.9. The van der Waals surface area contributed by atoms with Gasteiger partial charge in [0.1, 0.15) is 11.3 Å². The van der Waals surface area contributed by atoms with Gasteiger partial charge in [-0.3, -0.25) is 4.79 Å². The van der Waals surface area contributed by atoms with E-state index in [1.807, 2.05) is 11.8 Å². The van der Waals surface area contributed by atoms with Gasteiger partial charge in [-0.15, -0.1) is 0 Å². The van der Waals surface area contributed by atoms with E-state index in [1.165, 1.54) is 32.1 Å². The van der Waals surface area contributed by atoms with E-state index in [2.05, 4.69) is 10.1 Å². The summed E-state index contributed by atoms with van der Waals surface area (Å²) in [5.41, 5.74) is 0.575. The molecule has 0 spiro atoms. The topological polar surface area (TPSA) is 69.8 Å². The van der Waals surface area contributed by atoms with E-state index in [4.69, 9.17) is 4.52 Å². The fourth-order valence-corrected chi connectivity index (χ4v) is 3.94. The second-order valence-electron chi connectivity index (χ2n) is 6.88. The van der Waals surface area contributed by atoms with Crippen LogP contribution < -0.4 is 0 Å². The minimum Gasteiger partial charge on any atom is -0.396 e. The van der Waals surface area contributed by atoms with Gasteiger partial charge >= 0.3 is 0 Å². The Balaban J connectivity index is 1.68. The largest absolute Gasteiger partial charge is 0.396 e. The van der Waals surface area contributed by atoms with Crippen molar-refractivity contribution in [3.05, 3.63) is 17.5 Å². The summed E-state index contributed by atoms with van der Waals surface area (Å²) in [6.45, 7) is 6.86. The molecule has 3 heterocycles. The van der Waals surface area contributed by atoms with Crippen molar-refractivity contribution >= 4 is 5.91 Å². The van der Waals surface area contributed by atoms with E-state index in [-0.39, 0.29) is 18.4 Å². The van der Waals surface area contributed by atoms with E-state index in [0.29, 0.717) is 30.2 Å². The molecule has 0 saturated carbocycles. The molecule has 2 saturated heterocycles. The Labute approximate surface area is 137 Å². The van der Waals surface area contributed by atoms with Gasteiger partial charge in [0.05, 0.1) is 6.20 Å². The van der Waals surface area contributed by atoms with E-state index in [1.54, 1.807) is 0 Å². The van der Waals surface area contributed by atoms with Crippen LogP contribution in [0.1, 0.15) is 42.3 Å². The number of piperidine rings is 1. The number of nitrogens with zero attached hydrogens (tertiary/aromatic N) is 3. The maximum Gasteiger partial charge on any atom is 0.259 e. The van der Waals surface area contributed by atoms with Gasteiger partial charge in [-0.25, -0.2) is 0 Å². The third-order valence-corrected chi connectivity index (χ3v) is 5.08. The molecule has 2 fully saturated rings. The monoisotopic (exact) mass is 321 g/mol. The second kappa shape index (κ2) is 7.45. The van der Waals surface area contributed by atoms with Crippen LogP contribution in [-0.2, 0) is 6.42 Å². The second-order valence-corrected chi connectivity index (χ2v) is 6.88. The maximum absolute atomic E-state index is 12.8. The molecule has 1 aromatic rings. The summed E-state index contributed by atoms with van der Waals surface area (Å²) in [4.78, 5) is 17.2. The summed E-state index contributed by atoms with van der Waals surface area (Å²) in [5.74, 6) is 1.25. The van der Waals surface area contributed by atoms with Gasteiger partial charge in [0, 0.05) is 32.7 Å². The highest BCUT2D eigenvalue weighted by Gasteiger charge is 2.32. The summed E-state index contributed by atoms with van der Waals surface area (Å²) in [7, 11) is 0. The predicted octanol–water partition coefficient (Wildman–Crippen LogP) is 1.40. The highest BCUT2D eigenvalue weighted by atomic mass is 16.5. The zero-order valence-corrected chi connectivity index (χ0v) is 13.9. The number of rotatable bonds is 5. The number of aliphatic hydroxyl groups excluding tert-OH is 1. The zero-order chi connectivity index (χ0) is 16.2. The van der Waals surface area contributed by atoms with E-state index < -0.39 is 0 Å². The number of hydrogen-bond donors (Lipinski definition) is 1. The first-order valence-corrected chi connectivity index (χ1v) is 8.77. The number of aliphatic hydroxyl groups is 1. The van der Waals surface area contributed by atoms with Crippen molar-refractivity contribution in [2.45, 2.75) is 32.6 Å². The Morgan fingerprint density at radius 3 is 2.78 bits per heavy atom. The lowest BCUT2D eigenvalue weighted by Crippen LogP contribution is -2.47. The van der Waals surface area contributed by atoms with Crippen LogP contribution in [0.5, 0.6) is 0 Å². The van der Waals surface area contributed by atoms with Crippen LogP contribution in [0.15, 0.2) is 10.7 Å². The van der Waals surface area contributed by atoms with Crippen LogP contribution in [0.25, 0.3) is 0 Å². The van der Waals surface area contributed by atoms with Crippen LogP contribution in [0, 0.1) is 11.8 Å². The van der Waals surface area contributed by atoms with Gasteiger partial charge in [0.15, 0.2) is 0 Å². The molecule has 2 atom stereocenters. The standard InChI is InChI=1S/C17H27N3O3/c1-2-16-15(8-18-23-16)17(22)20-10-13(7-14(11-20)12-21)9-19-5-3-4-6-19/h8,13-14,21H,2-7,9-12H2,1H3/t13-,14-/m0/s1. The molecule has 6 heteroatoms. The van der Waals surface area contributed by atoms with Crippen LogP contribution in [0.3, 0.4) is 0 Å². The maximum atomic E-state index is 12.8. The molecule has 6 nitrogen and oxygen atoms in total. The summed E-state index contributed by atoms with van der Waals surface area (Å²) in [5, 5.41) is 13.4. The smallest absolute Gasteiger partial charge is 0.259 e. The Hall–Kier alpha value is -1.40. The normalized spacial score (nSPS) is 25.9. The quantitative estimate of drug-likeness (QED) is 0.888. The molecule has 2 aliphatic heterocycles. The van der Waals surface area contributed by atoms with Crippen molar-refractivity contribution < 1.29 is 14.4 Å². The average molecular weight is 321 g/mol. The predicted molar refractivity (Wildman–Crippen MR) is 86.1 cm³/mol. The van der Waals surface area contributed by atoms with Crippen LogP contribution >= 0.6 is 0 Å². The molecule has 3 rings (SSSR count). The molecule has 1 amide bonds. The van der Waals surface area contributed by atoms with E-state index in [9.17, 15) is 9.90 Å². The van der Waals surface area contributed by atoms with Crippen LogP contribution in [0.2, 0.25) is 0 Å². The first-order chi connectivity index (χ1) is 11.2. The first kappa shape index (κ1) is 16.5. The third kappa shape index (κ3) is 3.75. The van der Waals surface area contributed by atoms with Crippen molar-refractivity contribution in [2.75, 3.05) is 39.3 Å². The lowest BCUT2D eigenvalue weighted by molar-refractivity contribution is 0.0463. The van der Waals surface area contributed by atoms with Crippen LogP contribution in [0.4, 0.5) is 0 Å². The van der Waals surface area contributed by atoms with Crippen molar-refractivity contribution in [3.63, 3.8) is 0 Å². The van der Waals surface area contributed by atoms with E-state index >= 15 is 0 Å². The Kier molecular flexibility index (Phi) is 5.33. The SMILES string of the molecule is CCc1oncc1C(=O)N1C[C@@H](CO)C[C@@H](CN2CCCC2)C1. The number of amides is 1. The molecule has 0 unspecified atom stereocenters. The molecular formula is C17H27N3O3. The highest BCUT2D eigenvalue weighted by Crippen LogP contribution is 2.26. The molecule has 128 valence electrons. The highest BCUT2D eigenvalue weighted by molar-refractivity contribution is 5.95. The van der Waals surface area contributed by atoms with Gasteiger partial charge in [-0.2, -0.15) is 0 Å². The summed E-state index contributed by atoms with van der Waals surface area (Å²) in [6.07, 6.45) is 5.74. The van der Waals surface area contributed by atoms with Crippen molar-refractivity contribution in [1.29, 1.82) is 0 Å². The number of likely N-dealkylation sites (tertiary alicyclic amines) is 2. The minimum absolute atomic E-state index is 0.00679. The number of hydrogen-bond acceptors (Lipinski definition) is 5. The van der Waals surface area contributed by atoms with Gasteiger partial charge in [0.25, 0.3) is 5.91 Å². The fourth-order valence-electron chi connectivity index (χ4n) is 3.94. The summed E-state index contributed by atoms with van der Waals surface area (Å²) in [6, 6.07) is 0. The lowest BCUT2D eigenvalue weighted by atomic mass is 9.89. The van der Waals surface area contributed by atoms with E-state index in [0.717, 1.165) is 19.5 Å². The molecule has 0 radical (unpaired) electrons. The van der Waals surface area contributed by atoms with Crippen molar-refractivity contribution in [3.8, 4) is 0 Å². The van der Waals surface area contributed by atoms with Crippen LogP contribution in [-0.4, -0.2) is 65.3 Å². The number of aryl methyl sites for hydroxylation is 1. The molecule has 0 bridgehead atoms. The first-order valence-electron chi connectivity index (χ1n) is 8.77. The Bertz CT molecular complexity index is 525. The molecule has 2 aliphatic rings. The number of carbonyl (C=O) groups is 1. The third-order valence-electron chi connectivity index (χ3n) is 5.08. The molecular weight excluding hydrogens is 294 g/mol. The Morgan fingerprint density at radius 1 is 1.35 bits per heavy atom. The summed E-state index contributed by atoms with van der Waals surface area (Å²) >= 11 is 0. The molecule has 1 aromatic heterocycles. The lowest BCUT2D eigenvalue weighted by Gasteiger charge is -2.38. The van der Waals surface area contributed by atoms with Crippen molar-refractivity contribution in [2.24, 2.45) is 11.8 Å². The molecule has 0 aromatic carbocycles. The average Bonchev–Trinajstić information content (AvgIpc) is 3.24. The van der Waals surface area contributed by atoms with Gasteiger partial charge in [-0.1, -0.05) is 12.1 Å². The van der Waals surface area contributed by atoms with Gasteiger partial charge in [-0.05, 0) is 44.2 Å². The van der Waals surface area contributed by atoms with Gasteiger partial charge in [0.2, 0.25) is 0 Å². The van der Waals surface area contributed by atoms with Crippen molar-refractivity contribution in [1.82, 2.24) is 15.0 Å². The Morgan fingerprint density at radius 2 is 2.09 bits per heavy atom. The molecule has 23 heavy (non-hydrogen) atoms. The minimum atomic E-state index is -0.00679. The number of carbonyl (C=O) groups excluding carboxylic acids is 1. The number of aromatic nitrogens is 1. The van der Waals surface area contributed by atoms with Gasteiger partial charge < -0.3 is 19.4 Å². The summed E-state index contributed by atoms with van der Waals surface area (Å²) < 4.78 is 5.16. The molecule has 0 aliphatic carbocycles. The molecule has 1 N–H and O–H groups in total. The fraction of sp³-hybridized carbons (Fsp3) is 0.765.